The van der Waals surface area contributed by atoms with Gasteiger partial charge in [-0.3, -0.25) is 9.69 Å². The summed E-state index contributed by atoms with van der Waals surface area (Å²) in [5.74, 6) is -0.234. The minimum Gasteiger partial charge on any atom is -0.487 e. The van der Waals surface area contributed by atoms with Gasteiger partial charge in [-0.25, -0.2) is 0 Å². The van der Waals surface area contributed by atoms with Crippen LogP contribution in [0.25, 0.3) is 6.08 Å². The minimum atomic E-state index is -0.855. The molecule has 1 aromatic rings. The van der Waals surface area contributed by atoms with Gasteiger partial charge in [0, 0.05) is 17.1 Å². The highest BCUT2D eigenvalue weighted by Crippen LogP contribution is 2.36. The number of rotatable bonds is 4. The highest BCUT2D eigenvalue weighted by atomic mass is 35.5. The quantitative estimate of drug-likeness (QED) is 0.929. The van der Waals surface area contributed by atoms with Gasteiger partial charge in [-0.05, 0) is 30.8 Å². The van der Waals surface area contributed by atoms with Gasteiger partial charge in [-0.2, -0.15) is 0 Å². The second kappa shape index (κ2) is 5.82. The summed E-state index contributed by atoms with van der Waals surface area (Å²) >= 11 is 12.0. The summed E-state index contributed by atoms with van der Waals surface area (Å²) in [5.41, 5.74) is 1.80. The topological polar surface area (TPSA) is 49.8 Å². The smallest absolute Gasteiger partial charge is 0.317 e. The summed E-state index contributed by atoms with van der Waals surface area (Å²) in [7, 11) is 1.75. The van der Waals surface area contributed by atoms with Gasteiger partial charge in [0.25, 0.3) is 0 Å². The average molecular weight is 302 g/mol. The maximum absolute atomic E-state index is 10.6. The molecule has 19 heavy (non-hydrogen) atoms. The van der Waals surface area contributed by atoms with Crippen LogP contribution in [0.2, 0.25) is 10.0 Å². The van der Waals surface area contributed by atoms with Crippen molar-refractivity contribution < 1.29 is 14.6 Å². The molecule has 1 aliphatic heterocycles. The van der Waals surface area contributed by atoms with Crippen LogP contribution in [0, 0.1) is 0 Å². The van der Waals surface area contributed by atoms with Crippen molar-refractivity contribution >= 4 is 35.2 Å². The fourth-order valence-corrected chi connectivity index (χ4v) is 2.55. The van der Waals surface area contributed by atoms with Crippen molar-refractivity contribution in [2.45, 2.75) is 0 Å². The summed E-state index contributed by atoms with van der Waals surface area (Å²) in [5, 5.41) is 9.74. The van der Waals surface area contributed by atoms with Gasteiger partial charge < -0.3 is 9.84 Å². The zero-order chi connectivity index (χ0) is 14.0. The molecule has 0 saturated carbocycles. The number of nitrogens with zero attached hydrogens (tertiary/aromatic N) is 1. The Balaban J connectivity index is 2.17. The Bertz CT molecular complexity index is 543. The van der Waals surface area contributed by atoms with E-state index in [-0.39, 0.29) is 6.54 Å². The highest BCUT2D eigenvalue weighted by Gasteiger charge is 2.17. The molecule has 0 radical (unpaired) electrons. The zero-order valence-corrected chi connectivity index (χ0v) is 11.8. The van der Waals surface area contributed by atoms with Gasteiger partial charge in [-0.15, -0.1) is 0 Å². The second-order valence-electron chi connectivity index (χ2n) is 4.46. The van der Waals surface area contributed by atoms with Crippen LogP contribution in [0.1, 0.15) is 5.56 Å². The summed E-state index contributed by atoms with van der Waals surface area (Å²) in [6.07, 6.45) is 1.94. The van der Waals surface area contributed by atoms with Gasteiger partial charge in [0.2, 0.25) is 0 Å². The molecule has 4 nitrogen and oxygen atoms in total. The average Bonchev–Trinajstić information content (AvgIpc) is 2.26. The third-order valence-electron chi connectivity index (χ3n) is 2.68. The van der Waals surface area contributed by atoms with Gasteiger partial charge in [-0.1, -0.05) is 23.2 Å². The SMILES string of the molecule is CN(CC(=O)O)CC1=Cc2cc(Cl)cc(Cl)c2OC1. The summed E-state index contributed by atoms with van der Waals surface area (Å²) in [6, 6.07) is 3.41. The maximum atomic E-state index is 10.6. The Morgan fingerprint density at radius 3 is 2.89 bits per heavy atom. The number of benzene rings is 1. The van der Waals surface area contributed by atoms with Crippen LogP contribution >= 0.6 is 23.2 Å². The number of carboxylic acids is 1. The Morgan fingerprint density at radius 2 is 2.21 bits per heavy atom. The van der Waals surface area contributed by atoms with E-state index in [9.17, 15) is 4.79 Å². The number of hydrogen-bond acceptors (Lipinski definition) is 3. The molecular weight excluding hydrogens is 289 g/mol. The Kier molecular flexibility index (Phi) is 4.34. The van der Waals surface area contributed by atoms with Gasteiger partial charge in [0.05, 0.1) is 11.6 Å². The highest BCUT2D eigenvalue weighted by molar-refractivity contribution is 6.36. The second-order valence-corrected chi connectivity index (χ2v) is 5.31. The van der Waals surface area contributed by atoms with Gasteiger partial charge in [0.15, 0.2) is 0 Å². The number of hydrogen-bond donors (Lipinski definition) is 1. The van der Waals surface area contributed by atoms with E-state index in [1.165, 1.54) is 0 Å². The first kappa shape index (κ1) is 14.2. The molecule has 2 rings (SSSR count). The molecular formula is C13H13Cl2NO3. The lowest BCUT2D eigenvalue weighted by Gasteiger charge is -2.22. The van der Waals surface area contributed by atoms with Crippen LogP contribution in [0.5, 0.6) is 5.75 Å². The number of halogens is 2. The Labute approximate surface area is 121 Å². The largest absolute Gasteiger partial charge is 0.487 e. The molecule has 1 N–H and O–H groups in total. The zero-order valence-electron chi connectivity index (χ0n) is 10.3. The van der Waals surface area contributed by atoms with E-state index in [4.69, 9.17) is 33.0 Å². The van der Waals surface area contributed by atoms with Crippen LogP contribution in [-0.2, 0) is 4.79 Å². The number of aliphatic carboxylic acids is 1. The molecule has 0 fully saturated rings. The number of likely N-dealkylation sites (N-methyl/N-ethyl adjacent to an activating group) is 1. The lowest BCUT2D eigenvalue weighted by molar-refractivity contribution is -0.137. The normalized spacial score (nSPS) is 13.8. The summed E-state index contributed by atoms with van der Waals surface area (Å²) in [4.78, 5) is 12.3. The molecule has 0 spiro atoms. The van der Waals surface area contributed by atoms with Crippen LogP contribution in [0.15, 0.2) is 17.7 Å². The van der Waals surface area contributed by atoms with E-state index in [0.717, 1.165) is 11.1 Å². The molecule has 0 bridgehead atoms. The third-order valence-corrected chi connectivity index (χ3v) is 3.18. The minimum absolute atomic E-state index is 0.0134. The predicted octanol–water partition coefficient (Wildman–Crippen LogP) is 2.79. The fourth-order valence-electron chi connectivity index (χ4n) is 1.99. The Hall–Kier alpha value is -1.23. The van der Waals surface area contributed by atoms with E-state index < -0.39 is 5.97 Å². The van der Waals surface area contributed by atoms with Crippen molar-refractivity contribution in [3.05, 3.63) is 33.3 Å². The molecule has 0 aromatic heterocycles. The van der Waals surface area contributed by atoms with Crippen molar-refractivity contribution in [1.29, 1.82) is 0 Å². The summed E-state index contributed by atoms with van der Waals surface area (Å²) in [6.45, 7) is 0.911. The maximum Gasteiger partial charge on any atom is 0.317 e. The van der Waals surface area contributed by atoms with Crippen molar-refractivity contribution in [3.63, 3.8) is 0 Å². The van der Waals surface area contributed by atoms with Crippen molar-refractivity contribution in [2.75, 3.05) is 26.7 Å². The van der Waals surface area contributed by atoms with Crippen LogP contribution < -0.4 is 4.74 Å². The van der Waals surface area contributed by atoms with Gasteiger partial charge >= 0.3 is 5.97 Å². The van der Waals surface area contributed by atoms with Crippen molar-refractivity contribution in [3.8, 4) is 5.75 Å². The number of fused-ring (bicyclic) bond motifs is 1. The van der Waals surface area contributed by atoms with E-state index in [2.05, 4.69) is 0 Å². The standard InChI is InChI=1S/C13H13Cl2NO3/c1-16(6-12(17)18)5-8-2-9-3-10(14)4-11(15)13(9)19-7-8/h2-4H,5-7H2,1H3,(H,17,18). The van der Waals surface area contributed by atoms with E-state index in [1.54, 1.807) is 24.1 Å². The first-order chi connectivity index (χ1) is 8.95. The molecule has 0 atom stereocenters. The molecule has 0 amide bonds. The number of ether oxygens (including phenoxy) is 1. The lowest BCUT2D eigenvalue weighted by atomic mass is 10.1. The molecule has 0 aliphatic carbocycles. The van der Waals surface area contributed by atoms with E-state index in [1.807, 2.05) is 6.08 Å². The monoisotopic (exact) mass is 301 g/mol. The molecule has 6 heteroatoms. The van der Waals surface area contributed by atoms with Gasteiger partial charge in [0.1, 0.15) is 12.4 Å². The third kappa shape index (κ3) is 3.62. The fraction of sp³-hybridized carbons (Fsp3) is 0.308. The predicted molar refractivity (Wildman–Crippen MR) is 75.1 cm³/mol. The first-order valence-corrected chi connectivity index (χ1v) is 6.43. The van der Waals surface area contributed by atoms with E-state index in [0.29, 0.717) is 28.9 Å². The van der Waals surface area contributed by atoms with Crippen LogP contribution in [-0.4, -0.2) is 42.7 Å². The van der Waals surface area contributed by atoms with E-state index >= 15 is 0 Å². The Morgan fingerprint density at radius 1 is 1.47 bits per heavy atom. The number of carboxylic acid groups (broad SMARTS) is 1. The summed E-state index contributed by atoms with van der Waals surface area (Å²) < 4.78 is 5.59. The number of carbonyl (C=O) groups is 1. The first-order valence-electron chi connectivity index (χ1n) is 5.67. The molecule has 0 saturated heterocycles. The molecule has 1 aliphatic rings. The molecule has 0 unspecified atom stereocenters. The van der Waals surface area contributed by atoms with Crippen molar-refractivity contribution in [2.24, 2.45) is 0 Å². The molecule has 1 aromatic carbocycles. The van der Waals surface area contributed by atoms with Crippen LogP contribution in [0.3, 0.4) is 0 Å². The molecule has 1 heterocycles. The van der Waals surface area contributed by atoms with Crippen molar-refractivity contribution in [1.82, 2.24) is 4.90 Å². The lowest BCUT2D eigenvalue weighted by Crippen LogP contribution is -2.29. The molecule has 102 valence electrons. The van der Waals surface area contributed by atoms with Crippen LogP contribution in [0.4, 0.5) is 0 Å².